The fraction of sp³-hybridized carbons (Fsp3) is 0.923. The van der Waals surface area contributed by atoms with Gasteiger partial charge in [-0.25, -0.2) is 0 Å². The van der Waals surface area contributed by atoms with E-state index in [-0.39, 0.29) is 17.6 Å². The first kappa shape index (κ1) is 14.5. The molecule has 1 aliphatic rings. The Morgan fingerprint density at radius 3 is 2.65 bits per heavy atom. The monoisotopic (exact) mass is 243 g/mol. The normalized spacial score (nSPS) is 25.1. The van der Waals surface area contributed by atoms with Crippen molar-refractivity contribution in [3.05, 3.63) is 0 Å². The second-order valence-corrected chi connectivity index (χ2v) is 5.63. The summed E-state index contributed by atoms with van der Waals surface area (Å²) in [5, 5.41) is 8.91. The molecule has 0 bridgehead atoms. The number of likely N-dealkylation sites (N-methyl/N-ethyl adjacent to an activating group) is 1. The Morgan fingerprint density at radius 2 is 2.24 bits per heavy atom. The van der Waals surface area contributed by atoms with Gasteiger partial charge in [0.25, 0.3) is 0 Å². The second-order valence-electron chi connectivity index (χ2n) is 5.63. The van der Waals surface area contributed by atoms with Crippen molar-refractivity contribution in [1.82, 2.24) is 4.90 Å². The van der Waals surface area contributed by atoms with Crippen molar-refractivity contribution in [2.45, 2.75) is 52.2 Å². The number of aliphatic carboxylic acids is 1. The molecular weight excluding hydrogens is 218 g/mol. The third-order valence-electron chi connectivity index (χ3n) is 3.42. The van der Waals surface area contributed by atoms with Crippen molar-refractivity contribution in [3.8, 4) is 0 Å². The highest BCUT2D eigenvalue weighted by Crippen LogP contribution is 2.29. The second kappa shape index (κ2) is 5.83. The van der Waals surface area contributed by atoms with Crippen LogP contribution in [0.2, 0.25) is 0 Å². The molecule has 17 heavy (non-hydrogen) atoms. The number of carboxylic acid groups (broad SMARTS) is 1. The van der Waals surface area contributed by atoms with Gasteiger partial charge in [-0.2, -0.15) is 0 Å². The van der Waals surface area contributed by atoms with E-state index in [1.165, 1.54) is 0 Å². The highest BCUT2D eigenvalue weighted by molar-refractivity contribution is 5.69. The van der Waals surface area contributed by atoms with E-state index in [2.05, 4.69) is 25.7 Å². The molecule has 0 aliphatic carbocycles. The molecule has 4 nitrogen and oxygen atoms in total. The summed E-state index contributed by atoms with van der Waals surface area (Å²) >= 11 is 0. The number of hydrogen-bond acceptors (Lipinski definition) is 3. The van der Waals surface area contributed by atoms with Gasteiger partial charge in [0, 0.05) is 13.1 Å². The third-order valence-corrected chi connectivity index (χ3v) is 3.42. The lowest BCUT2D eigenvalue weighted by Gasteiger charge is -2.27. The van der Waals surface area contributed by atoms with Crippen LogP contribution in [0.1, 0.15) is 40.5 Å². The van der Waals surface area contributed by atoms with Crippen LogP contribution in [0.25, 0.3) is 0 Å². The number of carbonyl (C=O) groups is 1. The molecule has 2 unspecified atom stereocenters. The molecule has 1 rings (SSSR count). The molecule has 1 N–H and O–H groups in total. The van der Waals surface area contributed by atoms with Gasteiger partial charge in [-0.05, 0) is 33.2 Å². The minimum absolute atomic E-state index is 0.0114. The highest BCUT2D eigenvalue weighted by atomic mass is 16.5. The summed E-state index contributed by atoms with van der Waals surface area (Å²) in [6.07, 6.45) is 2.42. The van der Waals surface area contributed by atoms with Crippen LogP contribution in [0.15, 0.2) is 0 Å². The fourth-order valence-corrected chi connectivity index (χ4v) is 2.29. The number of ether oxygens (including phenoxy) is 1. The zero-order valence-corrected chi connectivity index (χ0v) is 11.4. The standard InChI is InChI=1S/C13H25NO3/c1-5-14(8-10(2)12(15)16)9-11-6-7-13(3,4)17-11/h10-11H,5-9H2,1-4H3,(H,15,16). The Hall–Kier alpha value is -0.610. The van der Waals surface area contributed by atoms with Gasteiger partial charge in [0.2, 0.25) is 0 Å². The summed E-state index contributed by atoms with van der Waals surface area (Å²) < 4.78 is 5.93. The van der Waals surface area contributed by atoms with Crippen LogP contribution in [0.3, 0.4) is 0 Å². The molecule has 0 saturated carbocycles. The predicted molar refractivity (Wildman–Crippen MR) is 67.1 cm³/mol. The summed E-state index contributed by atoms with van der Waals surface area (Å²) in [6.45, 7) is 10.4. The quantitative estimate of drug-likeness (QED) is 0.775. The molecule has 0 aromatic rings. The Kier molecular flexibility index (Phi) is 4.95. The Labute approximate surface area is 104 Å². The van der Waals surface area contributed by atoms with Crippen LogP contribution in [0.4, 0.5) is 0 Å². The lowest BCUT2D eigenvalue weighted by molar-refractivity contribution is -0.142. The van der Waals surface area contributed by atoms with Gasteiger partial charge < -0.3 is 14.7 Å². The maximum atomic E-state index is 10.8. The topological polar surface area (TPSA) is 49.8 Å². The van der Waals surface area contributed by atoms with Crippen molar-refractivity contribution < 1.29 is 14.6 Å². The van der Waals surface area contributed by atoms with E-state index in [9.17, 15) is 4.79 Å². The number of nitrogens with zero attached hydrogens (tertiary/aromatic N) is 1. The summed E-state index contributed by atoms with van der Waals surface area (Å²) in [5.41, 5.74) is -0.0114. The first-order valence-electron chi connectivity index (χ1n) is 6.47. The molecule has 0 amide bonds. The Bertz CT molecular complexity index is 265. The van der Waals surface area contributed by atoms with E-state index in [0.717, 1.165) is 25.9 Å². The fourth-order valence-electron chi connectivity index (χ4n) is 2.29. The van der Waals surface area contributed by atoms with Gasteiger partial charge in [-0.15, -0.1) is 0 Å². The van der Waals surface area contributed by atoms with Gasteiger partial charge >= 0.3 is 5.97 Å². The predicted octanol–water partition coefficient (Wildman–Crippen LogP) is 1.99. The lowest BCUT2D eigenvalue weighted by Crippen LogP contribution is -2.38. The zero-order chi connectivity index (χ0) is 13.1. The van der Waals surface area contributed by atoms with Crippen LogP contribution in [0, 0.1) is 5.92 Å². The average molecular weight is 243 g/mol. The summed E-state index contributed by atoms with van der Waals surface area (Å²) in [4.78, 5) is 13.0. The number of carboxylic acids is 1. The Balaban J connectivity index is 2.40. The molecule has 1 fully saturated rings. The molecule has 2 atom stereocenters. The van der Waals surface area contributed by atoms with Gasteiger partial charge in [0.05, 0.1) is 17.6 Å². The van der Waals surface area contributed by atoms with Crippen LogP contribution in [-0.4, -0.2) is 47.3 Å². The SMILES string of the molecule is CCN(CC1CCC(C)(C)O1)CC(C)C(=O)O. The van der Waals surface area contributed by atoms with E-state index in [1.807, 2.05) is 0 Å². The summed E-state index contributed by atoms with van der Waals surface area (Å²) in [5.74, 6) is -1.04. The molecule has 0 spiro atoms. The van der Waals surface area contributed by atoms with Crippen molar-refractivity contribution in [2.75, 3.05) is 19.6 Å². The van der Waals surface area contributed by atoms with E-state index in [4.69, 9.17) is 9.84 Å². The number of hydrogen-bond donors (Lipinski definition) is 1. The van der Waals surface area contributed by atoms with E-state index in [0.29, 0.717) is 6.54 Å². The van der Waals surface area contributed by atoms with Crippen LogP contribution >= 0.6 is 0 Å². The molecule has 1 saturated heterocycles. The van der Waals surface area contributed by atoms with E-state index < -0.39 is 5.97 Å². The molecule has 1 heterocycles. The van der Waals surface area contributed by atoms with Gasteiger partial charge in [0.15, 0.2) is 0 Å². The van der Waals surface area contributed by atoms with Crippen LogP contribution in [-0.2, 0) is 9.53 Å². The number of rotatable bonds is 6. The average Bonchev–Trinajstić information content (AvgIpc) is 2.56. The van der Waals surface area contributed by atoms with Crippen molar-refractivity contribution in [2.24, 2.45) is 5.92 Å². The van der Waals surface area contributed by atoms with Crippen molar-refractivity contribution in [1.29, 1.82) is 0 Å². The zero-order valence-electron chi connectivity index (χ0n) is 11.4. The van der Waals surface area contributed by atoms with Gasteiger partial charge in [-0.1, -0.05) is 13.8 Å². The maximum absolute atomic E-state index is 10.8. The molecule has 4 heteroatoms. The summed E-state index contributed by atoms with van der Waals surface area (Å²) in [6, 6.07) is 0. The molecule has 1 aliphatic heterocycles. The molecule has 0 radical (unpaired) electrons. The third kappa shape index (κ3) is 4.64. The van der Waals surface area contributed by atoms with Crippen molar-refractivity contribution >= 4 is 5.97 Å². The molecular formula is C13H25NO3. The highest BCUT2D eigenvalue weighted by Gasteiger charge is 2.32. The Morgan fingerprint density at radius 1 is 1.59 bits per heavy atom. The maximum Gasteiger partial charge on any atom is 0.307 e. The minimum atomic E-state index is -0.726. The van der Waals surface area contributed by atoms with E-state index in [1.54, 1.807) is 6.92 Å². The smallest absolute Gasteiger partial charge is 0.307 e. The van der Waals surface area contributed by atoms with Crippen LogP contribution in [0.5, 0.6) is 0 Å². The first-order valence-corrected chi connectivity index (χ1v) is 6.47. The minimum Gasteiger partial charge on any atom is -0.481 e. The first-order chi connectivity index (χ1) is 7.84. The summed E-state index contributed by atoms with van der Waals surface area (Å²) in [7, 11) is 0. The molecule has 0 aromatic carbocycles. The van der Waals surface area contributed by atoms with Gasteiger partial charge in [-0.3, -0.25) is 4.79 Å². The molecule has 0 aromatic heterocycles. The molecule has 100 valence electrons. The van der Waals surface area contributed by atoms with Crippen molar-refractivity contribution in [3.63, 3.8) is 0 Å². The van der Waals surface area contributed by atoms with E-state index >= 15 is 0 Å². The van der Waals surface area contributed by atoms with Gasteiger partial charge in [0.1, 0.15) is 0 Å². The largest absolute Gasteiger partial charge is 0.481 e. The lowest BCUT2D eigenvalue weighted by atomic mass is 10.1. The van der Waals surface area contributed by atoms with Crippen LogP contribution < -0.4 is 0 Å².